The summed E-state index contributed by atoms with van der Waals surface area (Å²) >= 11 is 0.0339. The number of carbonyl (C=O) groups excluding carboxylic acids is 1. The van der Waals surface area contributed by atoms with Crippen LogP contribution < -0.4 is 19.1 Å². The van der Waals surface area contributed by atoms with Crippen molar-refractivity contribution in [2.24, 2.45) is 0 Å². The van der Waals surface area contributed by atoms with Crippen molar-refractivity contribution in [1.82, 2.24) is 10.3 Å². The average Bonchev–Trinajstić information content (AvgIpc) is 2.83. The van der Waals surface area contributed by atoms with Crippen molar-refractivity contribution in [2.75, 3.05) is 24.5 Å². The normalized spacial score (nSPS) is 14.2. The summed E-state index contributed by atoms with van der Waals surface area (Å²) in [4.78, 5) is 19.1. The van der Waals surface area contributed by atoms with Crippen LogP contribution in [0.25, 0.3) is 11.3 Å². The molecule has 1 unspecified atom stereocenters. The number of anilines is 1. The van der Waals surface area contributed by atoms with Crippen LogP contribution in [0.15, 0.2) is 60.7 Å². The summed E-state index contributed by atoms with van der Waals surface area (Å²) in [6.45, 7) is 6.57. The Bertz CT molecular complexity index is 1180. The standard InChI is InChI=1S/C28H32FN3O3Se/c1-28(2,3)35-27(34)30-17-22(33)18-32-15-7-8-20-16-24(36-23-9-5-4-6-10-23)25(31-26(20)32)19-11-13-21(29)14-12-19/h4-6,9-14,16,22,33H,7-8,15,17-18H2,1-3H3,(H,30,34). The molecule has 0 saturated carbocycles. The predicted octanol–water partition coefficient (Wildman–Crippen LogP) is 3.18. The van der Waals surface area contributed by atoms with Crippen molar-refractivity contribution in [3.05, 3.63) is 72.0 Å². The summed E-state index contributed by atoms with van der Waals surface area (Å²) in [5, 5.41) is 13.3. The molecule has 36 heavy (non-hydrogen) atoms. The first kappa shape index (κ1) is 26.1. The topological polar surface area (TPSA) is 74.7 Å². The molecule has 1 aliphatic heterocycles. The Hall–Kier alpha value is -2.93. The second kappa shape index (κ2) is 11.4. The van der Waals surface area contributed by atoms with Crippen LogP contribution >= 0.6 is 0 Å². The first-order chi connectivity index (χ1) is 17.2. The summed E-state index contributed by atoms with van der Waals surface area (Å²) in [6.07, 6.45) is 0.527. The van der Waals surface area contributed by atoms with Gasteiger partial charge in [-0.1, -0.05) is 0 Å². The third-order valence-corrected chi connectivity index (χ3v) is 7.80. The fourth-order valence-electron chi connectivity index (χ4n) is 4.07. The molecule has 2 heterocycles. The second-order valence-electron chi connectivity index (χ2n) is 9.83. The summed E-state index contributed by atoms with van der Waals surface area (Å²) in [6, 6.07) is 19.0. The van der Waals surface area contributed by atoms with Gasteiger partial charge in [-0.3, -0.25) is 0 Å². The van der Waals surface area contributed by atoms with Crippen molar-refractivity contribution < 1.29 is 19.0 Å². The van der Waals surface area contributed by atoms with E-state index >= 15 is 0 Å². The van der Waals surface area contributed by atoms with Gasteiger partial charge in [0.25, 0.3) is 0 Å². The van der Waals surface area contributed by atoms with Crippen molar-refractivity contribution >= 4 is 35.8 Å². The molecule has 1 atom stereocenters. The zero-order valence-electron chi connectivity index (χ0n) is 20.8. The Morgan fingerprint density at radius 1 is 1.19 bits per heavy atom. The molecule has 6 nitrogen and oxygen atoms in total. The van der Waals surface area contributed by atoms with E-state index in [9.17, 15) is 14.3 Å². The SMILES string of the molecule is CC(C)(C)OC(=O)NCC(O)CN1CCCc2cc([Se]c3ccccc3)c(-c3ccc(F)cc3)nc21. The number of rotatable bonds is 7. The number of amides is 1. The van der Waals surface area contributed by atoms with Crippen LogP contribution in [0.5, 0.6) is 0 Å². The van der Waals surface area contributed by atoms with Crippen LogP contribution in [0.1, 0.15) is 32.8 Å². The molecule has 8 heteroatoms. The Kier molecular flexibility index (Phi) is 8.29. The number of carbonyl (C=O) groups is 1. The number of nitrogens with zero attached hydrogens (tertiary/aromatic N) is 2. The predicted molar refractivity (Wildman–Crippen MR) is 142 cm³/mol. The van der Waals surface area contributed by atoms with E-state index < -0.39 is 17.8 Å². The molecule has 0 saturated heterocycles. The molecule has 4 rings (SSSR count). The molecule has 1 aromatic heterocycles. The number of pyridine rings is 1. The van der Waals surface area contributed by atoms with Gasteiger partial charge in [0.05, 0.1) is 0 Å². The van der Waals surface area contributed by atoms with Crippen LogP contribution in [0.4, 0.5) is 15.0 Å². The van der Waals surface area contributed by atoms with E-state index in [1.54, 1.807) is 32.9 Å². The number of aryl methyl sites for hydroxylation is 1. The zero-order valence-corrected chi connectivity index (χ0v) is 22.5. The molecule has 0 radical (unpaired) electrons. The third kappa shape index (κ3) is 7.06. The number of aliphatic hydroxyl groups is 1. The number of hydrogen-bond donors (Lipinski definition) is 2. The van der Waals surface area contributed by atoms with Crippen LogP contribution in [-0.4, -0.2) is 62.5 Å². The maximum absolute atomic E-state index is 13.7. The Balaban J connectivity index is 1.58. The summed E-state index contributed by atoms with van der Waals surface area (Å²) < 4.78 is 21.3. The molecule has 0 spiro atoms. The fourth-order valence-corrected chi connectivity index (χ4v) is 6.18. The molecular weight excluding hydrogens is 524 g/mol. The third-order valence-electron chi connectivity index (χ3n) is 5.62. The molecule has 1 aliphatic rings. The average molecular weight is 557 g/mol. The minimum absolute atomic E-state index is 0.0339. The Labute approximate surface area is 218 Å². The van der Waals surface area contributed by atoms with Gasteiger partial charge in [0, 0.05) is 0 Å². The van der Waals surface area contributed by atoms with E-state index in [-0.39, 0.29) is 27.3 Å². The number of halogens is 1. The summed E-state index contributed by atoms with van der Waals surface area (Å²) in [5.74, 6) is 0.554. The molecule has 0 aliphatic carbocycles. The molecule has 1 amide bonds. The van der Waals surface area contributed by atoms with Crippen molar-refractivity contribution in [3.63, 3.8) is 0 Å². The van der Waals surface area contributed by atoms with E-state index in [4.69, 9.17) is 9.72 Å². The first-order valence-corrected chi connectivity index (χ1v) is 13.8. The molecule has 2 aromatic carbocycles. The molecular formula is C28H32FN3O3Se. The summed E-state index contributed by atoms with van der Waals surface area (Å²) in [7, 11) is 0. The van der Waals surface area contributed by atoms with Crippen LogP contribution in [0.2, 0.25) is 0 Å². The van der Waals surface area contributed by atoms with Gasteiger partial charge in [-0.25, -0.2) is 0 Å². The van der Waals surface area contributed by atoms with E-state index in [0.717, 1.165) is 46.5 Å². The number of hydrogen-bond acceptors (Lipinski definition) is 5. The minimum atomic E-state index is -0.784. The van der Waals surface area contributed by atoms with Crippen LogP contribution in [0.3, 0.4) is 0 Å². The molecule has 3 aromatic rings. The van der Waals surface area contributed by atoms with E-state index in [1.165, 1.54) is 16.6 Å². The van der Waals surface area contributed by atoms with Gasteiger partial charge in [0.1, 0.15) is 0 Å². The van der Waals surface area contributed by atoms with Crippen molar-refractivity contribution in [3.8, 4) is 11.3 Å². The van der Waals surface area contributed by atoms with Gasteiger partial charge < -0.3 is 0 Å². The van der Waals surface area contributed by atoms with Gasteiger partial charge >= 0.3 is 198 Å². The number of nitrogens with one attached hydrogen (secondary N) is 1. The van der Waals surface area contributed by atoms with Gasteiger partial charge in [-0.2, -0.15) is 0 Å². The van der Waals surface area contributed by atoms with Crippen LogP contribution in [0, 0.1) is 5.82 Å². The van der Waals surface area contributed by atoms with Crippen molar-refractivity contribution in [1.29, 1.82) is 0 Å². The van der Waals surface area contributed by atoms with Crippen molar-refractivity contribution in [2.45, 2.75) is 45.3 Å². The van der Waals surface area contributed by atoms with E-state index in [2.05, 4.69) is 28.4 Å². The number of β-amino-alcohol motifs (C(OH)–C–C–N with tert-alkyl or cyclic N) is 1. The Morgan fingerprint density at radius 2 is 1.92 bits per heavy atom. The monoisotopic (exact) mass is 557 g/mol. The molecule has 190 valence electrons. The number of alkyl carbamates (subject to hydrolysis) is 1. The van der Waals surface area contributed by atoms with E-state index in [1.807, 2.05) is 18.2 Å². The molecule has 0 fully saturated rings. The number of fused-ring (bicyclic) bond motifs is 1. The number of ether oxygens (including phenoxy) is 1. The zero-order chi connectivity index (χ0) is 25.7. The number of benzene rings is 2. The fraction of sp³-hybridized carbons (Fsp3) is 0.357. The summed E-state index contributed by atoms with van der Waals surface area (Å²) in [5.41, 5.74) is 2.25. The van der Waals surface area contributed by atoms with Gasteiger partial charge in [0.2, 0.25) is 0 Å². The Morgan fingerprint density at radius 3 is 2.61 bits per heavy atom. The van der Waals surface area contributed by atoms with Crippen LogP contribution in [-0.2, 0) is 11.2 Å². The van der Waals surface area contributed by atoms with Gasteiger partial charge in [-0.15, -0.1) is 0 Å². The quantitative estimate of drug-likeness (QED) is 0.438. The number of aliphatic hydroxyl groups excluding tert-OH is 1. The maximum atomic E-state index is 13.7. The van der Waals surface area contributed by atoms with Gasteiger partial charge in [0.15, 0.2) is 0 Å². The second-order valence-corrected chi connectivity index (χ2v) is 12.2. The molecule has 0 bridgehead atoms. The number of aromatic nitrogens is 1. The molecule has 2 N–H and O–H groups in total. The van der Waals surface area contributed by atoms with E-state index in [0.29, 0.717) is 6.54 Å². The van der Waals surface area contributed by atoms with Gasteiger partial charge in [-0.05, 0) is 20.8 Å². The first-order valence-electron chi connectivity index (χ1n) is 12.1.